The largest absolute Gasteiger partial charge is 0.355 e. The molecule has 2 rings (SSSR count). The zero-order valence-electron chi connectivity index (χ0n) is 13.4. The number of aliphatic imine (C=N–C) groups is 1. The lowest BCUT2D eigenvalue weighted by Gasteiger charge is -2.23. The Bertz CT molecular complexity index is 540. The van der Waals surface area contributed by atoms with Crippen molar-refractivity contribution >= 4 is 17.7 Å². The molecule has 1 aromatic carbocycles. The van der Waals surface area contributed by atoms with E-state index in [2.05, 4.69) is 35.7 Å². The lowest BCUT2D eigenvalue weighted by atomic mass is 10.1. The molecule has 122 valence electrons. The van der Waals surface area contributed by atoms with Crippen molar-refractivity contribution in [2.24, 2.45) is 4.99 Å². The SMILES string of the molecule is CN=C(NCC(C)(C)SC)NC1CC1c1c(F)cccc1F. The van der Waals surface area contributed by atoms with E-state index >= 15 is 0 Å². The number of hydrogen-bond donors (Lipinski definition) is 2. The van der Waals surface area contributed by atoms with Crippen molar-refractivity contribution in [3.8, 4) is 0 Å². The van der Waals surface area contributed by atoms with Crippen molar-refractivity contribution in [1.82, 2.24) is 10.6 Å². The van der Waals surface area contributed by atoms with Crippen molar-refractivity contribution in [2.45, 2.75) is 37.0 Å². The average molecular weight is 327 g/mol. The van der Waals surface area contributed by atoms with Gasteiger partial charge < -0.3 is 10.6 Å². The molecule has 3 nitrogen and oxygen atoms in total. The van der Waals surface area contributed by atoms with Crippen molar-refractivity contribution in [3.63, 3.8) is 0 Å². The van der Waals surface area contributed by atoms with Gasteiger partial charge in [-0.2, -0.15) is 11.8 Å². The molecule has 2 atom stereocenters. The Labute approximate surface area is 135 Å². The van der Waals surface area contributed by atoms with Crippen LogP contribution in [0.15, 0.2) is 23.2 Å². The van der Waals surface area contributed by atoms with E-state index in [9.17, 15) is 8.78 Å². The third kappa shape index (κ3) is 4.12. The van der Waals surface area contributed by atoms with Crippen LogP contribution in [0.3, 0.4) is 0 Å². The van der Waals surface area contributed by atoms with Crippen LogP contribution >= 0.6 is 11.8 Å². The van der Waals surface area contributed by atoms with E-state index in [1.54, 1.807) is 18.8 Å². The van der Waals surface area contributed by atoms with Gasteiger partial charge in [-0.3, -0.25) is 4.99 Å². The number of nitrogens with zero attached hydrogens (tertiary/aromatic N) is 1. The fraction of sp³-hybridized carbons (Fsp3) is 0.562. The smallest absolute Gasteiger partial charge is 0.191 e. The normalized spacial score (nSPS) is 21.6. The van der Waals surface area contributed by atoms with Crippen molar-refractivity contribution in [2.75, 3.05) is 19.8 Å². The van der Waals surface area contributed by atoms with Crippen molar-refractivity contribution < 1.29 is 8.78 Å². The minimum Gasteiger partial charge on any atom is -0.355 e. The molecule has 0 aromatic heterocycles. The molecule has 1 aliphatic rings. The zero-order chi connectivity index (χ0) is 16.3. The summed E-state index contributed by atoms with van der Waals surface area (Å²) in [7, 11) is 1.70. The Balaban J connectivity index is 1.93. The summed E-state index contributed by atoms with van der Waals surface area (Å²) in [6.07, 6.45) is 2.78. The highest BCUT2D eigenvalue weighted by atomic mass is 32.2. The van der Waals surface area contributed by atoms with E-state index in [1.807, 2.05) is 0 Å². The summed E-state index contributed by atoms with van der Waals surface area (Å²) in [5, 5.41) is 6.50. The van der Waals surface area contributed by atoms with Crippen LogP contribution in [0.5, 0.6) is 0 Å². The molecule has 0 saturated heterocycles. The summed E-state index contributed by atoms with van der Waals surface area (Å²) in [5.74, 6) is -0.402. The van der Waals surface area contributed by atoms with Crippen LogP contribution < -0.4 is 10.6 Å². The molecule has 0 heterocycles. The molecular weight excluding hydrogens is 304 g/mol. The number of hydrogen-bond acceptors (Lipinski definition) is 2. The van der Waals surface area contributed by atoms with Gasteiger partial charge in [-0.15, -0.1) is 0 Å². The molecule has 6 heteroatoms. The number of halogens is 2. The lowest BCUT2D eigenvalue weighted by Crippen LogP contribution is -2.44. The van der Waals surface area contributed by atoms with Gasteiger partial charge in [-0.25, -0.2) is 8.78 Å². The van der Waals surface area contributed by atoms with Gasteiger partial charge in [0.25, 0.3) is 0 Å². The average Bonchev–Trinajstić information content (AvgIpc) is 3.22. The van der Waals surface area contributed by atoms with Crippen LogP contribution in [0.2, 0.25) is 0 Å². The molecule has 0 amide bonds. The van der Waals surface area contributed by atoms with Gasteiger partial charge in [-0.1, -0.05) is 6.07 Å². The van der Waals surface area contributed by atoms with Gasteiger partial charge in [0.15, 0.2) is 5.96 Å². The molecule has 0 radical (unpaired) electrons. The van der Waals surface area contributed by atoms with Crippen LogP contribution in [-0.4, -0.2) is 36.6 Å². The molecule has 0 aliphatic heterocycles. The summed E-state index contributed by atoms with van der Waals surface area (Å²) in [6, 6.07) is 4.03. The predicted molar refractivity (Wildman–Crippen MR) is 89.6 cm³/mol. The molecule has 22 heavy (non-hydrogen) atoms. The van der Waals surface area contributed by atoms with Crippen LogP contribution in [-0.2, 0) is 0 Å². The molecule has 1 saturated carbocycles. The summed E-state index contributed by atoms with van der Waals surface area (Å²) < 4.78 is 27.6. The number of benzene rings is 1. The zero-order valence-corrected chi connectivity index (χ0v) is 14.2. The Hall–Kier alpha value is -1.30. The number of guanidine groups is 1. The topological polar surface area (TPSA) is 36.4 Å². The Morgan fingerprint density at radius 3 is 2.55 bits per heavy atom. The van der Waals surface area contributed by atoms with E-state index in [4.69, 9.17) is 0 Å². The number of rotatable bonds is 5. The third-order valence-electron chi connectivity index (χ3n) is 3.94. The van der Waals surface area contributed by atoms with E-state index < -0.39 is 11.6 Å². The maximum atomic E-state index is 13.8. The molecule has 1 aromatic rings. The maximum absolute atomic E-state index is 13.8. The summed E-state index contributed by atoms with van der Waals surface area (Å²) in [4.78, 5) is 4.18. The second-order valence-electron chi connectivity index (χ2n) is 6.12. The fourth-order valence-corrected chi connectivity index (χ4v) is 2.49. The molecule has 1 aliphatic carbocycles. The molecule has 1 fully saturated rings. The summed E-state index contributed by atoms with van der Waals surface area (Å²) >= 11 is 1.77. The first-order valence-corrected chi connectivity index (χ1v) is 8.56. The van der Waals surface area contributed by atoms with Gasteiger partial charge in [0.1, 0.15) is 11.6 Å². The first kappa shape index (κ1) is 17.1. The second kappa shape index (κ2) is 6.86. The third-order valence-corrected chi connectivity index (χ3v) is 5.19. The minimum atomic E-state index is -0.472. The van der Waals surface area contributed by atoms with E-state index in [1.165, 1.54) is 18.2 Å². The molecular formula is C16H23F2N3S. The van der Waals surface area contributed by atoms with Crippen molar-refractivity contribution in [3.05, 3.63) is 35.4 Å². The number of nitrogens with one attached hydrogen (secondary N) is 2. The summed E-state index contributed by atoms with van der Waals surface area (Å²) in [6.45, 7) is 5.05. The molecule has 2 unspecified atom stereocenters. The standard InChI is InChI=1S/C16H23F2N3S/c1-16(2,22-4)9-20-15(19-3)21-13-8-10(13)14-11(17)6-5-7-12(14)18/h5-7,10,13H,8-9H2,1-4H3,(H2,19,20,21). The first-order valence-electron chi connectivity index (χ1n) is 7.34. The van der Waals surface area contributed by atoms with Crippen LogP contribution in [0.1, 0.15) is 31.7 Å². The molecule has 0 bridgehead atoms. The summed E-state index contributed by atoms with van der Waals surface area (Å²) in [5.41, 5.74) is 0.180. The van der Waals surface area contributed by atoms with Gasteiger partial charge >= 0.3 is 0 Å². The minimum absolute atomic E-state index is 0.0231. The van der Waals surface area contributed by atoms with Crippen LogP contribution in [0.25, 0.3) is 0 Å². The fourth-order valence-electron chi connectivity index (χ4n) is 2.28. The Kier molecular flexibility index (Phi) is 5.32. The van der Waals surface area contributed by atoms with E-state index in [0.717, 1.165) is 6.54 Å². The van der Waals surface area contributed by atoms with Crippen LogP contribution in [0, 0.1) is 11.6 Å². The Morgan fingerprint density at radius 2 is 2.00 bits per heavy atom. The lowest BCUT2D eigenvalue weighted by molar-refractivity contribution is 0.553. The molecule has 2 N–H and O–H groups in total. The number of thioether (sulfide) groups is 1. The predicted octanol–water partition coefficient (Wildman–Crippen LogP) is 3.13. The second-order valence-corrected chi connectivity index (χ2v) is 7.63. The first-order chi connectivity index (χ1) is 10.4. The maximum Gasteiger partial charge on any atom is 0.191 e. The van der Waals surface area contributed by atoms with Gasteiger partial charge in [-0.05, 0) is 38.7 Å². The molecule has 0 spiro atoms. The quantitative estimate of drug-likeness (QED) is 0.644. The van der Waals surface area contributed by atoms with Crippen LogP contribution in [0.4, 0.5) is 8.78 Å². The van der Waals surface area contributed by atoms with Crippen molar-refractivity contribution in [1.29, 1.82) is 0 Å². The van der Waals surface area contributed by atoms with Gasteiger partial charge in [0.05, 0.1) is 0 Å². The van der Waals surface area contributed by atoms with Gasteiger partial charge in [0.2, 0.25) is 0 Å². The highest BCUT2D eigenvalue weighted by Crippen LogP contribution is 2.43. The highest BCUT2D eigenvalue weighted by Gasteiger charge is 2.42. The Morgan fingerprint density at radius 1 is 1.36 bits per heavy atom. The van der Waals surface area contributed by atoms with E-state index in [0.29, 0.717) is 12.4 Å². The van der Waals surface area contributed by atoms with E-state index in [-0.39, 0.29) is 22.3 Å². The van der Waals surface area contributed by atoms with Gasteiger partial charge in [0, 0.05) is 35.9 Å². The monoisotopic (exact) mass is 327 g/mol. The highest BCUT2D eigenvalue weighted by molar-refractivity contribution is 7.99.